The molecule has 1 aromatic rings. The zero-order valence-corrected chi connectivity index (χ0v) is 11.8. The molecule has 0 aliphatic rings. The van der Waals surface area contributed by atoms with Gasteiger partial charge in [-0.05, 0) is 32.4 Å². The zero-order chi connectivity index (χ0) is 14.3. The van der Waals surface area contributed by atoms with E-state index in [1.165, 1.54) is 7.11 Å². The fraction of sp³-hybridized carbons (Fsp3) is 0.571. The Morgan fingerprint density at radius 3 is 2.79 bits per heavy atom. The van der Waals surface area contributed by atoms with Crippen molar-refractivity contribution in [2.24, 2.45) is 0 Å². The van der Waals surface area contributed by atoms with Crippen molar-refractivity contribution in [2.45, 2.75) is 32.9 Å². The maximum atomic E-state index is 11.4. The average Bonchev–Trinajstić information content (AvgIpc) is 2.42. The van der Waals surface area contributed by atoms with Gasteiger partial charge in [0.05, 0.1) is 12.8 Å². The number of aliphatic hydroxyl groups excluding tert-OH is 1. The summed E-state index contributed by atoms with van der Waals surface area (Å²) in [5.41, 5.74) is 1.15. The SMILES string of the molecule is COC(=O)c1cccc(CN(CCCO)C(C)C)n1. The third-order valence-electron chi connectivity index (χ3n) is 2.90. The Labute approximate surface area is 114 Å². The smallest absolute Gasteiger partial charge is 0.356 e. The van der Waals surface area contributed by atoms with Gasteiger partial charge in [-0.15, -0.1) is 0 Å². The van der Waals surface area contributed by atoms with E-state index < -0.39 is 5.97 Å². The summed E-state index contributed by atoms with van der Waals surface area (Å²) in [6, 6.07) is 5.69. The first-order valence-corrected chi connectivity index (χ1v) is 6.47. The van der Waals surface area contributed by atoms with Crippen LogP contribution in [-0.4, -0.2) is 47.3 Å². The quantitative estimate of drug-likeness (QED) is 0.757. The second kappa shape index (κ2) is 7.86. The predicted octanol–water partition coefficient (Wildman–Crippen LogP) is 1.46. The van der Waals surface area contributed by atoms with Crippen molar-refractivity contribution in [3.05, 3.63) is 29.6 Å². The van der Waals surface area contributed by atoms with E-state index in [0.29, 0.717) is 18.3 Å². The van der Waals surface area contributed by atoms with Gasteiger partial charge in [0.15, 0.2) is 0 Å². The topological polar surface area (TPSA) is 62.7 Å². The highest BCUT2D eigenvalue weighted by Gasteiger charge is 2.12. The molecular weight excluding hydrogens is 244 g/mol. The average molecular weight is 266 g/mol. The fourth-order valence-corrected chi connectivity index (χ4v) is 1.79. The zero-order valence-electron chi connectivity index (χ0n) is 11.8. The second-order valence-electron chi connectivity index (χ2n) is 4.65. The Balaban J connectivity index is 2.76. The number of hydrogen-bond donors (Lipinski definition) is 1. The molecule has 19 heavy (non-hydrogen) atoms. The van der Waals surface area contributed by atoms with Crippen LogP contribution >= 0.6 is 0 Å². The van der Waals surface area contributed by atoms with E-state index in [4.69, 9.17) is 5.11 Å². The van der Waals surface area contributed by atoms with Gasteiger partial charge < -0.3 is 9.84 Å². The first-order chi connectivity index (χ1) is 9.08. The fourth-order valence-electron chi connectivity index (χ4n) is 1.79. The molecular formula is C14H22N2O3. The van der Waals surface area contributed by atoms with Crippen LogP contribution in [0.15, 0.2) is 18.2 Å². The Hall–Kier alpha value is -1.46. The number of aromatic nitrogens is 1. The van der Waals surface area contributed by atoms with Gasteiger partial charge in [-0.2, -0.15) is 0 Å². The first kappa shape index (κ1) is 15.6. The standard InChI is InChI=1S/C14H22N2O3/c1-11(2)16(8-5-9-17)10-12-6-4-7-13(15-12)14(18)19-3/h4,6-7,11,17H,5,8-10H2,1-3H3. The van der Waals surface area contributed by atoms with Gasteiger partial charge in [0, 0.05) is 25.7 Å². The van der Waals surface area contributed by atoms with Gasteiger partial charge in [-0.25, -0.2) is 9.78 Å². The molecule has 0 saturated carbocycles. The van der Waals surface area contributed by atoms with E-state index >= 15 is 0 Å². The van der Waals surface area contributed by atoms with Gasteiger partial charge in [0.1, 0.15) is 5.69 Å². The molecule has 1 N–H and O–H groups in total. The monoisotopic (exact) mass is 266 g/mol. The van der Waals surface area contributed by atoms with E-state index in [1.54, 1.807) is 12.1 Å². The van der Waals surface area contributed by atoms with Crippen LogP contribution in [0.2, 0.25) is 0 Å². The number of aliphatic hydroxyl groups is 1. The van der Waals surface area contributed by atoms with Crippen LogP contribution in [0.4, 0.5) is 0 Å². The van der Waals surface area contributed by atoms with Gasteiger partial charge in [0.25, 0.3) is 0 Å². The molecule has 1 heterocycles. The number of carbonyl (C=O) groups excluding carboxylic acids is 1. The number of esters is 1. The van der Waals surface area contributed by atoms with Crippen LogP contribution < -0.4 is 0 Å². The van der Waals surface area contributed by atoms with Gasteiger partial charge in [0.2, 0.25) is 0 Å². The number of carbonyl (C=O) groups is 1. The third-order valence-corrected chi connectivity index (χ3v) is 2.90. The minimum absolute atomic E-state index is 0.179. The minimum atomic E-state index is -0.423. The van der Waals surface area contributed by atoms with Crippen molar-refractivity contribution in [1.29, 1.82) is 0 Å². The highest BCUT2D eigenvalue weighted by Crippen LogP contribution is 2.08. The van der Waals surface area contributed by atoms with E-state index in [-0.39, 0.29) is 6.61 Å². The maximum absolute atomic E-state index is 11.4. The molecule has 0 aliphatic heterocycles. The molecule has 1 aromatic heterocycles. The molecule has 0 radical (unpaired) electrons. The third kappa shape index (κ3) is 4.96. The highest BCUT2D eigenvalue weighted by atomic mass is 16.5. The molecule has 0 spiro atoms. The molecule has 0 atom stereocenters. The van der Waals surface area contributed by atoms with Crippen LogP contribution in [-0.2, 0) is 11.3 Å². The lowest BCUT2D eigenvalue weighted by Crippen LogP contribution is -2.32. The molecule has 0 aromatic carbocycles. The highest BCUT2D eigenvalue weighted by molar-refractivity contribution is 5.87. The summed E-state index contributed by atoms with van der Waals surface area (Å²) in [5, 5.41) is 8.91. The van der Waals surface area contributed by atoms with Crippen molar-refractivity contribution in [3.63, 3.8) is 0 Å². The summed E-state index contributed by atoms with van der Waals surface area (Å²) in [5.74, 6) is -0.423. The Kier molecular flexibility index (Phi) is 6.45. The number of hydrogen-bond acceptors (Lipinski definition) is 5. The molecule has 106 valence electrons. The van der Waals surface area contributed by atoms with Crippen molar-refractivity contribution in [1.82, 2.24) is 9.88 Å². The number of rotatable bonds is 7. The molecule has 0 fully saturated rings. The largest absolute Gasteiger partial charge is 0.464 e. The van der Waals surface area contributed by atoms with Crippen LogP contribution in [0.1, 0.15) is 36.5 Å². The second-order valence-corrected chi connectivity index (χ2v) is 4.65. The van der Waals surface area contributed by atoms with E-state index in [1.807, 2.05) is 6.07 Å². The molecule has 0 aliphatic carbocycles. The molecule has 0 unspecified atom stereocenters. The lowest BCUT2D eigenvalue weighted by Gasteiger charge is -2.25. The minimum Gasteiger partial charge on any atom is -0.464 e. The van der Waals surface area contributed by atoms with Crippen LogP contribution in [0.5, 0.6) is 0 Å². The van der Waals surface area contributed by atoms with Crippen molar-refractivity contribution < 1.29 is 14.6 Å². The molecule has 1 rings (SSSR count). The number of ether oxygens (including phenoxy) is 1. The van der Waals surface area contributed by atoms with Crippen LogP contribution in [0, 0.1) is 0 Å². The van der Waals surface area contributed by atoms with Crippen molar-refractivity contribution in [2.75, 3.05) is 20.3 Å². The van der Waals surface area contributed by atoms with Gasteiger partial charge in [-0.1, -0.05) is 6.07 Å². The molecule has 0 amide bonds. The summed E-state index contributed by atoms with van der Waals surface area (Å²) in [6.07, 6.45) is 0.731. The first-order valence-electron chi connectivity index (χ1n) is 6.47. The van der Waals surface area contributed by atoms with E-state index in [2.05, 4.69) is 28.5 Å². The summed E-state index contributed by atoms with van der Waals surface area (Å²) >= 11 is 0. The Morgan fingerprint density at radius 1 is 1.47 bits per heavy atom. The lowest BCUT2D eigenvalue weighted by molar-refractivity contribution is 0.0593. The number of pyridine rings is 1. The maximum Gasteiger partial charge on any atom is 0.356 e. The molecule has 5 nitrogen and oxygen atoms in total. The number of nitrogens with zero attached hydrogens (tertiary/aromatic N) is 2. The summed E-state index contributed by atoms with van der Waals surface area (Å²) in [4.78, 5) is 17.9. The van der Waals surface area contributed by atoms with Crippen LogP contribution in [0.25, 0.3) is 0 Å². The normalized spacial score (nSPS) is 11.1. The van der Waals surface area contributed by atoms with Crippen molar-refractivity contribution >= 4 is 5.97 Å². The van der Waals surface area contributed by atoms with Crippen molar-refractivity contribution in [3.8, 4) is 0 Å². The lowest BCUT2D eigenvalue weighted by atomic mass is 10.2. The Morgan fingerprint density at radius 2 is 2.21 bits per heavy atom. The van der Waals surface area contributed by atoms with Crippen LogP contribution in [0.3, 0.4) is 0 Å². The van der Waals surface area contributed by atoms with E-state index in [0.717, 1.165) is 18.7 Å². The Bertz CT molecular complexity index is 407. The predicted molar refractivity (Wildman–Crippen MR) is 72.8 cm³/mol. The van der Waals surface area contributed by atoms with E-state index in [9.17, 15) is 4.79 Å². The van der Waals surface area contributed by atoms with Gasteiger partial charge >= 0.3 is 5.97 Å². The molecule has 5 heteroatoms. The summed E-state index contributed by atoms with van der Waals surface area (Å²) < 4.78 is 4.66. The summed E-state index contributed by atoms with van der Waals surface area (Å²) in [6.45, 7) is 5.84. The summed E-state index contributed by atoms with van der Waals surface area (Å²) in [7, 11) is 1.35. The van der Waals surface area contributed by atoms with Gasteiger partial charge in [-0.3, -0.25) is 4.90 Å². The molecule has 0 saturated heterocycles. The number of methoxy groups -OCH3 is 1. The molecule has 0 bridgehead atoms.